The number of anilines is 1. The molecule has 0 radical (unpaired) electrons. The molecule has 0 aliphatic carbocycles. The molecule has 1 unspecified atom stereocenters. The summed E-state index contributed by atoms with van der Waals surface area (Å²) in [6, 6.07) is 14.0. The van der Waals surface area contributed by atoms with Crippen LogP contribution in [0.3, 0.4) is 0 Å². The van der Waals surface area contributed by atoms with Gasteiger partial charge in [0.1, 0.15) is 0 Å². The molecule has 2 aromatic heterocycles. The van der Waals surface area contributed by atoms with E-state index in [0.29, 0.717) is 6.54 Å². The number of carbonyl (C=O) groups excluding carboxylic acids is 1. The Labute approximate surface area is 152 Å². The molecule has 0 bridgehead atoms. The van der Waals surface area contributed by atoms with Crippen LogP contribution < -0.4 is 4.90 Å². The molecule has 4 rings (SSSR count). The number of hydrogen-bond donors (Lipinski definition) is 0. The Bertz CT molecular complexity index is 932. The molecule has 0 saturated heterocycles. The molecule has 130 valence electrons. The van der Waals surface area contributed by atoms with Crippen LogP contribution in [0.2, 0.25) is 0 Å². The molecule has 1 aromatic carbocycles. The largest absolute Gasteiger partial charge is 0.306 e. The summed E-state index contributed by atoms with van der Waals surface area (Å²) in [6.07, 6.45) is 9.80. The predicted octanol–water partition coefficient (Wildman–Crippen LogP) is 3.51. The third kappa shape index (κ3) is 3.16. The highest BCUT2D eigenvalue weighted by molar-refractivity contribution is 6.06. The summed E-state index contributed by atoms with van der Waals surface area (Å²) in [5.74, 6) is -0.0179. The summed E-state index contributed by atoms with van der Waals surface area (Å²) in [7, 11) is 0. The fourth-order valence-electron chi connectivity index (χ4n) is 3.40. The molecular weight excluding hydrogens is 324 g/mol. The van der Waals surface area contributed by atoms with Gasteiger partial charge in [0.05, 0.1) is 6.04 Å². The lowest BCUT2D eigenvalue weighted by Gasteiger charge is -2.34. The number of fused-ring (bicyclic) bond motifs is 1. The van der Waals surface area contributed by atoms with Gasteiger partial charge in [0.15, 0.2) is 0 Å². The Morgan fingerprint density at radius 1 is 1.15 bits per heavy atom. The SMILES string of the molecule is C/C(=C\C(=O)N1CC(n2cccn2)Cc2ccccc21)c1cccnc1. The Morgan fingerprint density at radius 3 is 2.81 bits per heavy atom. The smallest absolute Gasteiger partial charge is 0.251 e. The number of para-hydroxylation sites is 1. The first-order valence-electron chi connectivity index (χ1n) is 8.69. The van der Waals surface area contributed by atoms with Gasteiger partial charge in [-0.25, -0.2) is 0 Å². The Morgan fingerprint density at radius 2 is 2.04 bits per heavy atom. The van der Waals surface area contributed by atoms with Crippen LogP contribution in [0, 0.1) is 0 Å². The number of pyridine rings is 1. The van der Waals surface area contributed by atoms with E-state index in [9.17, 15) is 4.79 Å². The fraction of sp³-hybridized carbons (Fsp3) is 0.190. The summed E-state index contributed by atoms with van der Waals surface area (Å²) in [5, 5.41) is 4.37. The van der Waals surface area contributed by atoms with Crippen LogP contribution in [0.5, 0.6) is 0 Å². The Hall–Kier alpha value is -3.21. The number of aromatic nitrogens is 3. The molecule has 5 heteroatoms. The van der Waals surface area contributed by atoms with Crippen molar-refractivity contribution in [2.45, 2.75) is 19.4 Å². The van der Waals surface area contributed by atoms with Crippen LogP contribution in [0.15, 0.2) is 73.3 Å². The molecule has 0 N–H and O–H groups in total. The highest BCUT2D eigenvalue weighted by Gasteiger charge is 2.28. The van der Waals surface area contributed by atoms with Crippen molar-refractivity contribution in [1.82, 2.24) is 14.8 Å². The molecule has 0 spiro atoms. The third-order valence-electron chi connectivity index (χ3n) is 4.75. The molecule has 1 aliphatic rings. The molecule has 5 nitrogen and oxygen atoms in total. The first-order valence-corrected chi connectivity index (χ1v) is 8.69. The molecule has 0 saturated carbocycles. The molecule has 3 aromatic rings. The number of allylic oxidation sites excluding steroid dienone is 1. The van der Waals surface area contributed by atoms with Gasteiger partial charge in [0.25, 0.3) is 5.91 Å². The second kappa shape index (κ2) is 6.96. The van der Waals surface area contributed by atoms with Crippen molar-refractivity contribution in [3.8, 4) is 0 Å². The molecule has 1 amide bonds. The van der Waals surface area contributed by atoms with Gasteiger partial charge in [0, 0.05) is 43.1 Å². The standard InChI is InChI=1S/C21H20N4O/c1-16(18-7-4-9-22-14-18)12-21(26)24-15-19(25-11-5-10-23-25)13-17-6-2-3-8-20(17)24/h2-12,14,19H,13,15H2,1H3/b16-12+. The van der Waals surface area contributed by atoms with E-state index in [2.05, 4.69) is 16.1 Å². The van der Waals surface area contributed by atoms with Gasteiger partial charge in [0.2, 0.25) is 0 Å². The molecule has 1 atom stereocenters. The van der Waals surface area contributed by atoms with Crippen molar-refractivity contribution < 1.29 is 4.79 Å². The minimum absolute atomic E-state index is 0.0179. The zero-order valence-electron chi connectivity index (χ0n) is 14.6. The predicted molar refractivity (Wildman–Crippen MR) is 102 cm³/mol. The van der Waals surface area contributed by atoms with Gasteiger partial charge in [-0.05, 0) is 48.2 Å². The molecule has 0 fully saturated rings. The molecule has 1 aliphatic heterocycles. The second-order valence-corrected chi connectivity index (χ2v) is 6.49. The van der Waals surface area contributed by atoms with Crippen molar-refractivity contribution in [3.05, 3.63) is 84.5 Å². The lowest BCUT2D eigenvalue weighted by Crippen LogP contribution is -2.40. The zero-order valence-corrected chi connectivity index (χ0v) is 14.6. The maximum Gasteiger partial charge on any atom is 0.251 e. The normalized spacial score (nSPS) is 17.0. The number of nitrogens with zero attached hydrogens (tertiary/aromatic N) is 4. The van der Waals surface area contributed by atoms with Crippen LogP contribution in [0.4, 0.5) is 5.69 Å². The summed E-state index contributed by atoms with van der Waals surface area (Å²) >= 11 is 0. The number of carbonyl (C=O) groups is 1. The monoisotopic (exact) mass is 344 g/mol. The second-order valence-electron chi connectivity index (χ2n) is 6.49. The zero-order chi connectivity index (χ0) is 17.9. The van der Waals surface area contributed by atoms with Gasteiger partial charge in [-0.2, -0.15) is 5.10 Å². The van der Waals surface area contributed by atoms with Crippen LogP contribution in [0.25, 0.3) is 5.57 Å². The van der Waals surface area contributed by atoms with Crippen molar-refractivity contribution in [3.63, 3.8) is 0 Å². The van der Waals surface area contributed by atoms with Crippen molar-refractivity contribution in [2.75, 3.05) is 11.4 Å². The minimum Gasteiger partial charge on any atom is -0.306 e. The van der Waals surface area contributed by atoms with Gasteiger partial charge in [-0.1, -0.05) is 24.3 Å². The number of hydrogen-bond acceptors (Lipinski definition) is 3. The van der Waals surface area contributed by atoms with E-state index >= 15 is 0 Å². The van der Waals surface area contributed by atoms with Crippen molar-refractivity contribution >= 4 is 17.2 Å². The lowest BCUT2D eigenvalue weighted by atomic mass is 9.97. The van der Waals surface area contributed by atoms with Crippen LogP contribution in [-0.4, -0.2) is 27.2 Å². The number of benzene rings is 1. The highest BCUT2D eigenvalue weighted by atomic mass is 16.2. The first kappa shape index (κ1) is 16.3. The Kier molecular flexibility index (Phi) is 4.35. The molecule has 3 heterocycles. The summed E-state index contributed by atoms with van der Waals surface area (Å²) in [5.41, 5.74) is 4.01. The van der Waals surface area contributed by atoms with Gasteiger partial charge in [-0.15, -0.1) is 0 Å². The van der Waals surface area contributed by atoms with Gasteiger partial charge >= 0.3 is 0 Å². The van der Waals surface area contributed by atoms with Crippen molar-refractivity contribution in [2.24, 2.45) is 0 Å². The molecular formula is C21H20N4O. The quantitative estimate of drug-likeness (QED) is 0.683. The van der Waals surface area contributed by atoms with E-state index < -0.39 is 0 Å². The van der Waals surface area contributed by atoms with E-state index in [0.717, 1.165) is 23.2 Å². The van der Waals surface area contributed by atoms with Crippen molar-refractivity contribution in [1.29, 1.82) is 0 Å². The van der Waals surface area contributed by atoms with E-state index in [1.165, 1.54) is 5.56 Å². The topological polar surface area (TPSA) is 51.0 Å². The average Bonchev–Trinajstić information content (AvgIpc) is 3.22. The number of amides is 1. The third-order valence-corrected chi connectivity index (χ3v) is 4.75. The van der Waals surface area contributed by atoms with Crippen LogP contribution in [0.1, 0.15) is 24.1 Å². The van der Waals surface area contributed by atoms with E-state index in [1.54, 1.807) is 24.7 Å². The minimum atomic E-state index is -0.0179. The average molecular weight is 344 g/mol. The van der Waals surface area contributed by atoms with E-state index in [4.69, 9.17) is 0 Å². The van der Waals surface area contributed by atoms with E-state index in [1.807, 2.05) is 59.1 Å². The fourth-order valence-corrected chi connectivity index (χ4v) is 3.40. The first-order chi connectivity index (χ1) is 12.7. The van der Waals surface area contributed by atoms with Gasteiger partial charge < -0.3 is 4.90 Å². The maximum atomic E-state index is 13.1. The summed E-state index contributed by atoms with van der Waals surface area (Å²) in [4.78, 5) is 19.0. The Balaban J connectivity index is 1.66. The maximum absolute atomic E-state index is 13.1. The summed E-state index contributed by atoms with van der Waals surface area (Å²) < 4.78 is 1.94. The van der Waals surface area contributed by atoms with Gasteiger partial charge in [-0.3, -0.25) is 14.5 Å². The van der Waals surface area contributed by atoms with E-state index in [-0.39, 0.29) is 11.9 Å². The number of rotatable bonds is 3. The summed E-state index contributed by atoms with van der Waals surface area (Å²) in [6.45, 7) is 2.55. The van der Waals surface area contributed by atoms with Crippen LogP contribution >= 0.6 is 0 Å². The van der Waals surface area contributed by atoms with Crippen LogP contribution in [-0.2, 0) is 11.2 Å². The highest BCUT2D eigenvalue weighted by Crippen LogP contribution is 2.32. The lowest BCUT2D eigenvalue weighted by molar-refractivity contribution is -0.114. The molecule has 26 heavy (non-hydrogen) atoms.